The van der Waals surface area contributed by atoms with Gasteiger partial charge in [0.2, 0.25) is 0 Å². The summed E-state index contributed by atoms with van der Waals surface area (Å²) >= 11 is 0. The molecule has 2 aromatic heterocycles. The van der Waals surface area contributed by atoms with Crippen LogP contribution >= 0.6 is 0 Å². The van der Waals surface area contributed by atoms with E-state index in [1.807, 2.05) is 13.8 Å². The Balaban J connectivity index is 1.69. The van der Waals surface area contributed by atoms with Gasteiger partial charge in [0, 0.05) is 40.6 Å². The molecule has 34 heavy (non-hydrogen) atoms. The van der Waals surface area contributed by atoms with Crippen molar-refractivity contribution in [3.8, 4) is 11.4 Å². The van der Waals surface area contributed by atoms with Gasteiger partial charge in [-0.3, -0.25) is 9.59 Å². The number of pyridine rings is 2. The van der Waals surface area contributed by atoms with Gasteiger partial charge in [-0.15, -0.1) is 0 Å². The molecule has 7 heteroatoms. The number of ketones is 1. The third-order valence-electron chi connectivity index (χ3n) is 8.15. The van der Waals surface area contributed by atoms with Crippen LogP contribution in [0, 0.1) is 5.82 Å². The molecular weight excluding hydrogens is 433 g/mol. The van der Waals surface area contributed by atoms with E-state index in [1.54, 1.807) is 17.6 Å². The Labute approximate surface area is 196 Å². The molecule has 3 aliphatic rings. The van der Waals surface area contributed by atoms with Gasteiger partial charge in [-0.25, -0.2) is 9.37 Å². The van der Waals surface area contributed by atoms with Crippen LogP contribution in [0.2, 0.25) is 0 Å². The summed E-state index contributed by atoms with van der Waals surface area (Å²) in [5, 5.41) is 12.1. The zero-order valence-electron chi connectivity index (χ0n) is 19.7. The lowest BCUT2D eigenvalue weighted by Crippen LogP contribution is -2.43. The number of hydrogen-bond donors (Lipinski definition) is 2. The quantitative estimate of drug-likeness (QED) is 0.474. The fourth-order valence-electron chi connectivity index (χ4n) is 6.46. The van der Waals surface area contributed by atoms with E-state index in [4.69, 9.17) is 10.7 Å². The molecule has 1 aromatic carbocycles. The van der Waals surface area contributed by atoms with Crippen LogP contribution in [0.4, 0.5) is 4.39 Å². The van der Waals surface area contributed by atoms with Gasteiger partial charge < -0.3 is 15.4 Å². The number of aliphatic hydroxyl groups is 1. The minimum absolute atomic E-state index is 0.0330. The summed E-state index contributed by atoms with van der Waals surface area (Å²) in [6, 6.07) is 3.01. The van der Waals surface area contributed by atoms with E-state index in [0.717, 1.165) is 27.6 Å². The molecule has 3 N–H and O–H groups in total. The van der Waals surface area contributed by atoms with Crippen LogP contribution in [-0.2, 0) is 29.8 Å². The number of nitrogens with zero attached hydrogens (tertiary/aromatic N) is 2. The Morgan fingerprint density at radius 3 is 2.68 bits per heavy atom. The molecule has 0 saturated heterocycles. The number of carbonyl (C=O) groups excluding carboxylic acids is 1. The van der Waals surface area contributed by atoms with Crippen molar-refractivity contribution < 1.29 is 14.3 Å². The number of aromatic nitrogens is 2. The van der Waals surface area contributed by atoms with Crippen molar-refractivity contribution in [2.24, 2.45) is 5.73 Å². The van der Waals surface area contributed by atoms with Crippen molar-refractivity contribution in [2.75, 3.05) is 0 Å². The third-order valence-corrected chi connectivity index (χ3v) is 8.15. The number of Topliss-reactive ketones (excluding diaryl/α,β-unsaturated/α-hetero) is 1. The fraction of sp³-hybridized carbons (Fsp3) is 0.444. The monoisotopic (exact) mass is 461 g/mol. The molecule has 0 amide bonds. The summed E-state index contributed by atoms with van der Waals surface area (Å²) in [5.41, 5.74) is 10.9. The van der Waals surface area contributed by atoms with Gasteiger partial charge in [-0.2, -0.15) is 0 Å². The summed E-state index contributed by atoms with van der Waals surface area (Å²) in [6.07, 6.45) is 2.07. The van der Waals surface area contributed by atoms with Crippen LogP contribution in [0.15, 0.2) is 16.9 Å². The number of carbonyl (C=O) groups is 1. The molecule has 0 bridgehead atoms. The average molecular weight is 462 g/mol. The first-order valence-electron chi connectivity index (χ1n) is 12.1. The Hall–Kier alpha value is -2.90. The third kappa shape index (κ3) is 2.59. The van der Waals surface area contributed by atoms with Gasteiger partial charge >= 0.3 is 0 Å². The number of benzene rings is 1. The highest BCUT2D eigenvalue weighted by Crippen LogP contribution is 2.46. The topological polar surface area (TPSA) is 98.2 Å². The molecule has 3 heterocycles. The molecule has 6 nitrogen and oxygen atoms in total. The van der Waals surface area contributed by atoms with Crippen molar-refractivity contribution in [3.05, 3.63) is 61.7 Å². The molecule has 176 valence electrons. The molecule has 3 aromatic rings. The van der Waals surface area contributed by atoms with Crippen molar-refractivity contribution in [1.82, 2.24) is 9.55 Å². The molecule has 2 atom stereocenters. The minimum atomic E-state index is -1.67. The fourth-order valence-corrected chi connectivity index (χ4v) is 6.46. The standard InChI is InChI=1S/C27H28FN3O3/c1-4-27(34)16-9-20-25-15(11-31(20)26(33)13(16)6-8-21(27)32)23-18(29)7-5-14-22(12(2)3)17(28)10-19(30-25)24(14)23/h9-10,12,18,34H,4-8,11,29H2,1-3H3. The van der Waals surface area contributed by atoms with Crippen LogP contribution in [0.3, 0.4) is 0 Å². The van der Waals surface area contributed by atoms with E-state index < -0.39 is 5.60 Å². The van der Waals surface area contributed by atoms with E-state index in [0.29, 0.717) is 53.8 Å². The van der Waals surface area contributed by atoms with E-state index in [2.05, 4.69) is 0 Å². The molecule has 0 fully saturated rings. The maximum atomic E-state index is 15.2. The number of rotatable bonds is 2. The SMILES string of the molecule is CCC1(O)C(=O)CCc2c1cc1n(c2=O)Cc2c-1nc1cc(F)c(C(C)C)c3c1c2C(N)CC3. The zero-order chi connectivity index (χ0) is 24.1. The van der Waals surface area contributed by atoms with Crippen LogP contribution in [0.1, 0.15) is 85.4 Å². The molecule has 2 aliphatic carbocycles. The van der Waals surface area contributed by atoms with Gasteiger partial charge in [-0.05, 0) is 54.4 Å². The molecular formula is C27H28FN3O3. The number of aryl methyl sites for hydroxylation is 1. The molecule has 6 rings (SSSR count). The Morgan fingerprint density at radius 2 is 1.97 bits per heavy atom. The van der Waals surface area contributed by atoms with Crippen LogP contribution in [0.5, 0.6) is 0 Å². The summed E-state index contributed by atoms with van der Waals surface area (Å²) in [7, 11) is 0. The van der Waals surface area contributed by atoms with Crippen molar-refractivity contribution >= 4 is 16.7 Å². The van der Waals surface area contributed by atoms with Gasteiger partial charge in [0.05, 0.1) is 23.4 Å². The van der Waals surface area contributed by atoms with Crippen LogP contribution in [-0.4, -0.2) is 20.4 Å². The number of fused-ring (bicyclic) bond motifs is 5. The minimum Gasteiger partial charge on any atom is -0.377 e. The molecule has 0 saturated carbocycles. The summed E-state index contributed by atoms with van der Waals surface area (Å²) in [5.74, 6) is -0.495. The van der Waals surface area contributed by atoms with E-state index in [1.165, 1.54) is 6.07 Å². The van der Waals surface area contributed by atoms with Crippen molar-refractivity contribution in [1.29, 1.82) is 0 Å². The Bertz CT molecular complexity index is 1490. The second-order valence-electron chi connectivity index (χ2n) is 10.2. The predicted octanol–water partition coefficient (Wildman–Crippen LogP) is 3.75. The zero-order valence-corrected chi connectivity index (χ0v) is 19.7. The Morgan fingerprint density at radius 1 is 1.21 bits per heavy atom. The van der Waals surface area contributed by atoms with E-state index >= 15 is 4.39 Å². The highest BCUT2D eigenvalue weighted by molar-refractivity contribution is 5.94. The smallest absolute Gasteiger partial charge is 0.254 e. The van der Waals surface area contributed by atoms with E-state index in [-0.39, 0.29) is 42.0 Å². The second-order valence-corrected chi connectivity index (χ2v) is 10.2. The summed E-state index contributed by atoms with van der Waals surface area (Å²) < 4.78 is 16.9. The van der Waals surface area contributed by atoms with Gasteiger partial charge in [0.25, 0.3) is 5.56 Å². The van der Waals surface area contributed by atoms with Crippen LogP contribution in [0.25, 0.3) is 22.3 Å². The number of nitrogens with two attached hydrogens (primary N) is 1. The summed E-state index contributed by atoms with van der Waals surface area (Å²) in [4.78, 5) is 31.0. The summed E-state index contributed by atoms with van der Waals surface area (Å²) in [6.45, 7) is 6.07. The lowest BCUT2D eigenvalue weighted by Gasteiger charge is -2.32. The van der Waals surface area contributed by atoms with Crippen LogP contribution < -0.4 is 11.3 Å². The highest BCUT2D eigenvalue weighted by Gasteiger charge is 2.43. The maximum absolute atomic E-state index is 15.2. The van der Waals surface area contributed by atoms with Crippen molar-refractivity contribution in [2.45, 2.75) is 77.0 Å². The first-order valence-corrected chi connectivity index (χ1v) is 12.1. The maximum Gasteiger partial charge on any atom is 0.254 e. The first-order chi connectivity index (χ1) is 16.2. The number of hydrogen-bond acceptors (Lipinski definition) is 5. The van der Waals surface area contributed by atoms with Gasteiger partial charge in [-0.1, -0.05) is 20.8 Å². The van der Waals surface area contributed by atoms with Gasteiger partial charge in [0.1, 0.15) is 11.4 Å². The Kier molecular flexibility index (Phi) is 4.49. The average Bonchev–Trinajstić information content (AvgIpc) is 3.16. The molecule has 0 radical (unpaired) electrons. The van der Waals surface area contributed by atoms with Gasteiger partial charge in [0.15, 0.2) is 5.78 Å². The predicted molar refractivity (Wildman–Crippen MR) is 127 cm³/mol. The molecule has 0 spiro atoms. The van der Waals surface area contributed by atoms with E-state index in [9.17, 15) is 14.7 Å². The highest BCUT2D eigenvalue weighted by atomic mass is 19.1. The second kappa shape index (κ2) is 7.06. The largest absolute Gasteiger partial charge is 0.377 e. The number of halogens is 1. The molecule has 2 unspecified atom stereocenters. The normalized spacial score (nSPS) is 22.8. The van der Waals surface area contributed by atoms with Crippen molar-refractivity contribution in [3.63, 3.8) is 0 Å². The molecule has 1 aliphatic heterocycles. The lowest BCUT2D eigenvalue weighted by molar-refractivity contribution is -0.140. The lowest BCUT2D eigenvalue weighted by atomic mass is 9.76. The first kappa shape index (κ1) is 21.6.